The van der Waals surface area contributed by atoms with Crippen LogP contribution >= 0.6 is 15.9 Å². The van der Waals surface area contributed by atoms with Gasteiger partial charge in [-0.15, -0.1) is 0 Å². The van der Waals surface area contributed by atoms with Crippen LogP contribution in [-0.4, -0.2) is 9.97 Å². The van der Waals surface area contributed by atoms with E-state index in [2.05, 4.69) is 36.6 Å². The van der Waals surface area contributed by atoms with Gasteiger partial charge in [-0.1, -0.05) is 22.0 Å². The van der Waals surface area contributed by atoms with Crippen LogP contribution in [0.5, 0.6) is 0 Å². The number of aromatic nitrogens is 2. The van der Waals surface area contributed by atoms with E-state index < -0.39 is 5.82 Å². The van der Waals surface area contributed by atoms with Gasteiger partial charge in [0.25, 0.3) is 0 Å². The van der Waals surface area contributed by atoms with E-state index in [9.17, 15) is 4.39 Å². The number of benzene rings is 1. The predicted octanol–water partition coefficient (Wildman–Crippen LogP) is 2.72. The number of nitrogens with two attached hydrogens (primary N) is 1. The summed E-state index contributed by atoms with van der Waals surface area (Å²) in [6, 6.07) is 5.58. The summed E-state index contributed by atoms with van der Waals surface area (Å²) in [5, 5.41) is 2.90. The van der Waals surface area contributed by atoms with Crippen molar-refractivity contribution in [3.63, 3.8) is 0 Å². The molecular weight excluding hydrogens is 301 g/mol. The molecule has 94 valence electrons. The molecule has 4 N–H and O–H groups in total. The third kappa shape index (κ3) is 2.57. The zero-order valence-corrected chi connectivity index (χ0v) is 11.1. The summed E-state index contributed by atoms with van der Waals surface area (Å²) in [7, 11) is 0. The largest absolute Gasteiger partial charge is 0.337 e. The molecule has 18 heavy (non-hydrogen) atoms. The third-order valence-electron chi connectivity index (χ3n) is 2.39. The zero-order chi connectivity index (χ0) is 13.1. The van der Waals surface area contributed by atoms with Crippen LogP contribution in [0.2, 0.25) is 0 Å². The van der Waals surface area contributed by atoms with Gasteiger partial charge in [0.05, 0.1) is 6.20 Å². The number of nitrogens with zero attached hydrogens (tertiary/aromatic N) is 2. The van der Waals surface area contributed by atoms with Crippen molar-refractivity contribution >= 4 is 33.4 Å². The molecular formula is C11H11BrFN5. The Bertz CT molecular complexity index is 575. The van der Waals surface area contributed by atoms with Gasteiger partial charge in [-0.3, -0.25) is 5.43 Å². The lowest BCUT2D eigenvalue weighted by Crippen LogP contribution is -2.12. The lowest BCUT2D eigenvalue weighted by Gasteiger charge is -2.11. The minimum absolute atomic E-state index is 0.0687. The van der Waals surface area contributed by atoms with Crippen molar-refractivity contribution < 1.29 is 4.39 Å². The maximum absolute atomic E-state index is 13.6. The number of hydrogen-bond acceptors (Lipinski definition) is 5. The fourth-order valence-electron chi connectivity index (χ4n) is 1.39. The molecule has 0 atom stereocenters. The average molecular weight is 312 g/mol. The number of hydrogen-bond donors (Lipinski definition) is 3. The van der Waals surface area contributed by atoms with Crippen LogP contribution in [0.1, 0.15) is 5.56 Å². The van der Waals surface area contributed by atoms with Gasteiger partial charge in [-0.05, 0) is 24.6 Å². The molecule has 2 aromatic rings. The van der Waals surface area contributed by atoms with Crippen LogP contribution in [-0.2, 0) is 0 Å². The summed E-state index contributed by atoms with van der Waals surface area (Å²) in [6.07, 6.45) is 1.05. The first kappa shape index (κ1) is 12.7. The third-order valence-corrected chi connectivity index (χ3v) is 3.25. The van der Waals surface area contributed by atoms with E-state index in [0.717, 1.165) is 21.9 Å². The van der Waals surface area contributed by atoms with Crippen molar-refractivity contribution in [2.24, 2.45) is 5.84 Å². The lowest BCUT2D eigenvalue weighted by molar-refractivity contribution is 0.619. The second kappa shape index (κ2) is 5.28. The van der Waals surface area contributed by atoms with Gasteiger partial charge in [-0.25, -0.2) is 15.2 Å². The van der Waals surface area contributed by atoms with Gasteiger partial charge in [0.2, 0.25) is 5.95 Å². The SMILES string of the molecule is Cc1c(Br)cccc1Nc1nc(NN)ncc1F. The first-order chi connectivity index (χ1) is 8.61. The highest BCUT2D eigenvalue weighted by atomic mass is 79.9. The lowest BCUT2D eigenvalue weighted by atomic mass is 10.2. The molecule has 0 spiro atoms. The fraction of sp³-hybridized carbons (Fsp3) is 0.0909. The molecule has 7 heteroatoms. The molecule has 0 aliphatic heterocycles. The summed E-state index contributed by atoms with van der Waals surface area (Å²) < 4.78 is 14.5. The molecule has 0 radical (unpaired) electrons. The Hall–Kier alpha value is -1.73. The van der Waals surface area contributed by atoms with E-state index in [1.165, 1.54) is 0 Å². The Balaban J connectivity index is 2.36. The van der Waals surface area contributed by atoms with Gasteiger partial charge in [0, 0.05) is 10.2 Å². The number of hydrazine groups is 1. The maximum Gasteiger partial charge on any atom is 0.239 e. The molecule has 0 aliphatic rings. The minimum Gasteiger partial charge on any atom is -0.337 e. The quantitative estimate of drug-likeness (QED) is 0.600. The Kier molecular flexibility index (Phi) is 3.73. The molecule has 0 aliphatic carbocycles. The van der Waals surface area contributed by atoms with Crippen LogP contribution < -0.4 is 16.6 Å². The van der Waals surface area contributed by atoms with Gasteiger partial charge in [0.1, 0.15) is 0 Å². The number of nitrogen functional groups attached to an aromatic ring is 1. The van der Waals surface area contributed by atoms with Crippen LogP contribution in [0, 0.1) is 12.7 Å². The van der Waals surface area contributed by atoms with Gasteiger partial charge in [0.15, 0.2) is 11.6 Å². The van der Waals surface area contributed by atoms with E-state index in [1.807, 2.05) is 25.1 Å². The molecule has 0 fully saturated rings. The molecule has 1 heterocycles. The van der Waals surface area contributed by atoms with Gasteiger partial charge in [-0.2, -0.15) is 4.98 Å². The van der Waals surface area contributed by atoms with Crippen LogP contribution in [0.15, 0.2) is 28.9 Å². The second-order valence-electron chi connectivity index (χ2n) is 3.57. The summed E-state index contributed by atoms with van der Waals surface area (Å²) in [5.41, 5.74) is 3.98. The highest BCUT2D eigenvalue weighted by molar-refractivity contribution is 9.10. The summed E-state index contributed by atoms with van der Waals surface area (Å²) in [5.74, 6) is 4.85. The normalized spacial score (nSPS) is 10.2. The topological polar surface area (TPSA) is 75.9 Å². The smallest absolute Gasteiger partial charge is 0.239 e. The van der Waals surface area contributed by atoms with Crippen molar-refractivity contribution in [3.8, 4) is 0 Å². The summed E-state index contributed by atoms with van der Waals surface area (Å²) >= 11 is 3.41. The molecule has 1 aromatic heterocycles. The monoisotopic (exact) mass is 311 g/mol. The molecule has 5 nitrogen and oxygen atoms in total. The van der Waals surface area contributed by atoms with Crippen molar-refractivity contribution in [1.29, 1.82) is 0 Å². The number of anilines is 3. The fourth-order valence-corrected chi connectivity index (χ4v) is 1.76. The Labute approximate surface area is 112 Å². The van der Waals surface area contributed by atoms with Crippen LogP contribution in [0.4, 0.5) is 21.8 Å². The summed E-state index contributed by atoms with van der Waals surface area (Å²) in [4.78, 5) is 7.58. The predicted molar refractivity (Wildman–Crippen MR) is 72.0 cm³/mol. The van der Waals surface area contributed by atoms with Crippen molar-refractivity contribution in [1.82, 2.24) is 9.97 Å². The van der Waals surface area contributed by atoms with Crippen molar-refractivity contribution in [2.75, 3.05) is 10.7 Å². The second-order valence-corrected chi connectivity index (χ2v) is 4.43. The number of nitrogens with one attached hydrogen (secondary N) is 2. The minimum atomic E-state index is -0.548. The van der Waals surface area contributed by atoms with Crippen molar-refractivity contribution in [3.05, 3.63) is 40.2 Å². The van der Waals surface area contributed by atoms with E-state index in [-0.39, 0.29) is 11.8 Å². The van der Waals surface area contributed by atoms with E-state index >= 15 is 0 Å². The standard InChI is InChI=1S/C11H11BrFN5/c1-6-7(12)3-2-4-9(6)16-10-8(13)5-15-11(17-10)18-14/h2-5H,14H2,1H3,(H2,15,16,17,18). The molecule has 2 rings (SSSR count). The van der Waals surface area contributed by atoms with Crippen LogP contribution in [0.3, 0.4) is 0 Å². The van der Waals surface area contributed by atoms with Gasteiger partial charge < -0.3 is 5.32 Å². The Morgan fingerprint density at radius 3 is 2.89 bits per heavy atom. The molecule has 0 saturated carbocycles. The Morgan fingerprint density at radius 2 is 2.17 bits per heavy atom. The molecule has 0 bridgehead atoms. The average Bonchev–Trinajstić information content (AvgIpc) is 2.37. The number of halogens is 2. The molecule has 1 aromatic carbocycles. The highest BCUT2D eigenvalue weighted by Gasteiger charge is 2.09. The molecule has 0 amide bonds. The van der Waals surface area contributed by atoms with E-state index in [0.29, 0.717) is 0 Å². The first-order valence-corrected chi connectivity index (χ1v) is 5.92. The van der Waals surface area contributed by atoms with E-state index in [1.54, 1.807) is 0 Å². The first-order valence-electron chi connectivity index (χ1n) is 5.13. The Morgan fingerprint density at radius 1 is 1.39 bits per heavy atom. The zero-order valence-electron chi connectivity index (χ0n) is 9.54. The summed E-state index contributed by atoms with van der Waals surface area (Å²) in [6.45, 7) is 1.91. The van der Waals surface area contributed by atoms with E-state index in [4.69, 9.17) is 5.84 Å². The maximum atomic E-state index is 13.6. The molecule has 0 saturated heterocycles. The highest BCUT2D eigenvalue weighted by Crippen LogP contribution is 2.26. The van der Waals surface area contributed by atoms with Crippen molar-refractivity contribution in [2.45, 2.75) is 6.92 Å². The van der Waals surface area contributed by atoms with Crippen LogP contribution in [0.25, 0.3) is 0 Å². The number of rotatable bonds is 3. The molecule has 0 unspecified atom stereocenters. The van der Waals surface area contributed by atoms with Gasteiger partial charge >= 0.3 is 0 Å².